The van der Waals surface area contributed by atoms with E-state index in [2.05, 4.69) is 10.4 Å². The lowest BCUT2D eigenvalue weighted by Gasteiger charge is -2.26. The molecule has 3 rings (SSSR count). The van der Waals surface area contributed by atoms with Gasteiger partial charge in [0.1, 0.15) is 12.4 Å². The average Bonchev–Trinajstić information content (AvgIpc) is 2.95. The number of aromatic nitrogens is 2. The van der Waals surface area contributed by atoms with Gasteiger partial charge in [0.2, 0.25) is 11.8 Å². The Balaban J connectivity index is 1.60. The highest BCUT2D eigenvalue weighted by atomic mass is 35.5. The molecule has 1 aliphatic rings. The summed E-state index contributed by atoms with van der Waals surface area (Å²) in [7, 11) is 0. The van der Waals surface area contributed by atoms with E-state index in [9.17, 15) is 14.0 Å². The van der Waals surface area contributed by atoms with E-state index in [0.29, 0.717) is 5.56 Å². The van der Waals surface area contributed by atoms with Crippen LogP contribution in [-0.4, -0.2) is 39.6 Å². The monoisotopic (exact) mass is 420 g/mol. The molecule has 6 nitrogen and oxygen atoms in total. The van der Waals surface area contributed by atoms with Crippen molar-refractivity contribution in [2.24, 2.45) is 0 Å². The molecule has 1 saturated heterocycles. The number of halogens is 2. The van der Waals surface area contributed by atoms with Crippen LogP contribution >= 0.6 is 11.6 Å². The van der Waals surface area contributed by atoms with Crippen LogP contribution in [0.4, 0.5) is 4.39 Å². The Kier molecular flexibility index (Phi) is 6.90. The average molecular weight is 421 g/mol. The minimum atomic E-state index is -0.414. The largest absolute Gasteiger partial charge is 0.352 e. The van der Waals surface area contributed by atoms with Gasteiger partial charge in [-0.05, 0) is 50.8 Å². The van der Waals surface area contributed by atoms with E-state index in [4.69, 9.17) is 11.6 Å². The van der Waals surface area contributed by atoms with Crippen LogP contribution in [0, 0.1) is 19.7 Å². The lowest BCUT2D eigenvalue weighted by atomic mass is 10.1. The number of likely N-dealkylation sites (tertiary alicyclic amines) is 1. The summed E-state index contributed by atoms with van der Waals surface area (Å²) in [4.78, 5) is 26.8. The maximum Gasteiger partial charge on any atom is 0.244 e. The Morgan fingerprint density at radius 3 is 2.62 bits per heavy atom. The first-order valence-corrected chi connectivity index (χ1v) is 10.2. The summed E-state index contributed by atoms with van der Waals surface area (Å²) in [6, 6.07) is 4.09. The van der Waals surface area contributed by atoms with Crippen LogP contribution in [0.15, 0.2) is 18.2 Å². The number of aryl methyl sites for hydroxylation is 1. The minimum Gasteiger partial charge on any atom is -0.352 e. The smallest absolute Gasteiger partial charge is 0.244 e. The Hall–Kier alpha value is -2.41. The second-order valence-corrected chi connectivity index (χ2v) is 7.84. The van der Waals surface area contributed by atoms with Gasteiger partial charge < -0.3 is 10.2 Å². The highest BCUT2D eigenvalue weighted by molar-refractivity contribution is 6.31. The SMILES string of the molecule is Cc1nn(CC(=O)N2CCCCC2)c(C)c1CC(=O)NCc1ccc(F)cc1Cl. The third kappa shape index (κ3) is 5.35. The van der Waals surface area contributed by atoms with Gasteiger partial charge >= 0.3 is 0 Å². The predicted octanol–water partition coefficient (Wildman–Crippen LogP) is 3.16. The van der Waals surface area contributed by atoms with Crippen LogP contribution in [-0.2, 0) is 29.1 Å². The number of benzene rings is 1. The van der Waals surface area contributed by atoms with Gasteiger partial charge in [-0.25, -0.2) is 4.39 Å². The van der Waals surface area contributed by atoms with Gasteiger partial charge in [0.15, 0.2) is 0 Å². The van der Waals surface area contributed by atoms with Crippen molar-refractivity contribution in [2.75, 3.05) is 13.1 Å². The molecule has 2 heterocycles. The number of carbonyl (C=O) groups is 2. The standard InChI is InChI=1S/C21H26ClFN4O2/c1-14-18(11-20(28)24-12-16-6-7-17(23)10-19(16)22)15(2)27(25-14)13-21(29)26-8-4-3-5-9-26/h6-7,10H,3-5,8-9,11-13H2,1-2H3,(H,24,28). The number of nitrogens with zero attached hydrogens (tertiary/aromatic N) is 3. The highest BCUT2D eigenvalue weighted by Crippen LogP contribution is 2.18. The van der Waals surface area contributed by atoms with E-state index in [1.807, 2.05) is 18.7 Å². The van der Waals surface area contributed by atoms with Crippen molar-refractivity contribution in [1.82, 2.24) is 20.0 Å². The number of hydrogen-bond donors (Lipinski definition) is 1. The van der Waals surface area contributed by atoms with Crippen molar-refractivity contribution < 1.29 is 14.0 Å². The zero-order valence-corrected chi connectivity index (χ0v) is 17.6. The summed E-state index contributed by atoms with van der Waals surface area (Å²) in [6.07, 6.45) is 3.43. The fourth-order valence-corrected chi connectivity index (χ4v) is 3.83. The van der Waals surface area contributed by atoms with Crippen molar-refractivity contribution in [1.29, 1.82) is 0 Å². The zero-order chi connectivity index (χ0) is 21.0. The van der Waals surface area contributed by atoms with Gasteiger partial charge in [-0.1, -0.05) is 17.7 Å². The molecule has 8 heteroatoms. The summed E-state index contributed by atoms with van der Waals surface area (Å²) >= 11 is 6.00. The molecule has 29 heavy (non-hydrogen) atoms. The molecule has 0 atom stereocenters. The number of hydrogen-bond acceptors (Lipinski definition) is 3. The first-order chi connectivity index (χ1) is 13.8. The lowest BCUT2D eigenvalue weighted by molar-refractivity contribution is -0.133. The van der Waals surface area contributed by atoms with E-state index >= 15 is 0 Å². The van der Waals surface area contributed by atoms with Crippen LogP contribution < -0.4 is 5.32 Å². The van der Waals surface area contributed by atoms with Crippen molar-refractivity contribution in [3.05, 3.63) is 51.6 Å². The molecule has 0 spiro atoms. The number of amides is 2. The maximum atomic E-state index is 13.1. The molecule has 1 N–H and O–H groups in total. The van der Waals surface area contributed by atoms with Crippen LogP contribution in [0.1, 0.15) is 41.8 Å². The Bertz CT molecular complexity index is 906. The van der Waals surface area contributed by atoms with Gasteiger partial charge in [-0.15, -0.1) is 0 Å². The first-order valence-electron chi connectivity index (χ1n) is 9.86. The molecule has 0 saturated carbocycles. The fraction of sp³-hybridized carbons (Fsp3) is 0.476. The van der Waals surface area contributed by atoms with E-state index < -0.39 is 5.82 Å². The summed E-state index contributed by atoms with van der Waals surface area (Å²) in [5.41, 5.74) is 3.03. The van der Waals surface area contributed by atoms with Gasteiger partial charge in [0.05, 0.1) is 12.1 Å². The molecule has 156 valence electrons. The maximum absolute atomic E-state index is 13.1. The van der Waals surface area contributed by atoms with Gasteiger partial charge in [0.25, 0.3) is 0 Å². The molecular formula is C21H26ClFN4O2. The highest BCUT2D eigenvalue weighted by Gasteiger charge is 2.20. The van der Waals surface area contributed by atoms with Gasteiger partial charge in [0, 0.05) is 35.9 Å². The minimum absolute atomic E-state index is 0.0669. The normalized spacial score (nSPS) is 14.1. The van der Waals surface area contributed by atoms with Gasteiger partial charge in [-0.3, -0.25) is 14.3 Å². The lowest BCUT2D eigenvalue weighted by Crippen LogP contribution is -2.38. The summed E-state index contributed by atoms with van der Waals surface area (Å²) in [6.45, 7) is 5.74. The van der Waals surface area contributed by atoms with Crippen LogP contribution in [0.5, 0.6) is 0 Å². The zero-order valence-electron chi connectivity index (χ0n) is 16.8. The third-order valence-electron chi connectivity index (χ3n) is 5.35. The number of rotatable bonds is 6. The van der Waals surface area contributed by atoms with Crippen LogP contribution in [0.25, 0.3) is 0 Å². The number of carbonyl (C=O) groups excluding carboxylic acids is 2. The predicted molar refractivity (Wildman–Crippen MR) is 109 cm³/mol. The van der Waals surface area contributed by atoms with Crippen molar-refractivity contribution in [3.8, 4) is 0 Å². The Morgan fingerprint density at radius 2 is 1.93 bits per heavy atom. The molecule has 1 aliphatic heterocycles. The molecule has 2 amide bonds. The second-order valence-electron chi connectivity index (χ2n) is 7.44. The van der Waals surface area contributed by atoms with E-state index in [1.54, 1.807) is 10.7 Å². The molecule has 0 aliphatic carbocycles. The van der Waals surface area contributed by atoms with Crippen molar-refractivity contribution >= 4 is 23.4 Å². The second kappa shape index (κ2) is 9.39. The van der Waals surface area contributed by atoms with E-state index in [-0.39, 0.29) is 36.3 Å². The molecule has 1 fully saturated rings. The van der Waals surface area contributed by atoms with E-state index in [1.165, 1.54) is 18.6 Å². The number of piperidine rings is 1. The first kappa shape index (κ1) is 21.3. The van der Waals surface area contributed by atoms with Crippen LogP contribution in [0.2, 0.25) is 5.02 Å². The van der Waals surface area contributed by atoms with Crippen molar-refractivity contribution in [2.45, 2.75) is 52.6 Å². The molecule has 1 aromatic heterocycles. The molecule has 0 radical (unpaired) electrons. The van der Waals surface area contributed by atoms with E-state index in [0.717, 1.165) is 42.9 Å². The molecule has 0 bridgehead atoms. The fourth-order valence-electron chi connectivity index (χ4n) is 3.60. The molecular weight excluding hydrogens is 395 g/mol. The Labute approximate surface area is 175 Å². The Morgan fingerprint density at radius 1 is 1.21 bits per heavy atom. The van der Waals surface area contributed by atoms with Crippen LogP contribution in [0.3, 0.4) is 0 Å². The summed E-state index contributed by atoms with van der Waals surface area (Å²) in [5, 5.41) is 7.55. The molecule has 2 aromatic rings. The molecule has 1 aromatic carbocycles. The molecule has 0 unspecified atom stereocenters. The topological polar surface area (TPSA) is 67.2 Å². The third-order valence-corrected chi connectivity index (χ3v) is 5.71. The number of nitrogens with one attached hydrogen (secondary N) is 1. The van der Waals surface area contributed by atoms with Gasteiger partial charge in [-0.2, -0.15) is 5.10 Å². The van der Waals surface area contributed by atoms with Crippen molar-refractivity contribution in [3.63, 3.8) is 0 Å². The summed E-state index contributed by atoms with van der Waals surface area (Å²) in [5.74, 6) is -0.529. The quantitative estimate of drug-likeness (QED) is 0.780. The summed E-state index contributed by atoms with van der Waals surface area (Å²) < 4.78 is 14.8.